The molecule has 2 aliphatic rings. The Bertz CT molecular complexity index is 503. The molecule has 0 bridgehead atoms. The molecule has 2 fully saturated rings. The largest absolute Gasteiger partial charge is 0.456 e. The number of nitrogens with one attached hydrogen (secondary N) is 1. The minimum absolute atomic E-state index is 0.0231. The van der Waals surface area contributed by atoms with E-state index in [1.807, 2.05) is 0 Å². The van der Waals surface area contributed by atoms with Gasteiger partial charge in [0, 0.05) is 25.4 Å². The van der Waals surface area contributed by atoms with Crippen LogP contribution < -0.4 is 5.32 Å². The molecule has 24 heavy (non-hydrogen) atoms. The molecule has 0 unspecified atom stereocenters. The van der Waals surface area contributed by atoms with Crippen LogP contribution in [0, 0.1) is 11.8 Å². The molecule has 3 amide bonds. The summed E-state index contributed by atoms with van der Waals surface area (Å²) in [5.74, 6) is -0.421. The van der Waals surface area contributed by atoms with Gasteiger partial charge in [-0.05, 0) is 18.3 Å². The van der Waals surface area contributed by atoms with Crippen LogP contribution >= 0.6 is 0 Å². The molecular formula is C17H26N2O5. The van der Waals surface area contributed by atoms with Gasteiger partial charge in [0.15, 0.2) is 6.61 Å². The zero-order valence-electron chi connectivity index (χ0n) is 14.4. The normalized spacial score (nSPS) is 27.2. The quantitative estimate of drug-likeness (QED) is 0.576. The number of amides is 3. The molecule has 1 N–H and O–H groups in total. The van der Waals surface area contributed by atoms with E-state index in [1.54, 1.807) is 0 Å². The minimum atomic E-state index is -0.581. The van der Waals surface area contributed by atoms with Crippen molar-refractivity contribution in [3.05, 3.63) is 0 Å². The summed E-state index contributed by atoms with van der Waals surface area (Å²) in [6, 6.07) is 0.125. The van der Waals surface area contributed by atoms with Crippen LogP contribution in [0.4, 0.5) is 0 Å². The third kappa shape index (κ3) is 4.79. The molecule has 1 heterocycles. The van der Waals surface area contributed by atoms with Crippen LogP contribution in [0.5, 0.6) is 0 Å². The summed E-state index contributed by atoms with van der Waals surface area (Å²) in [4.78, 5) is 47.5. The Morgan fingerprint density at radius 1 is 1.17 bits per heavy atom. The fourth-order valence-electron chi connectivity index (χ4n) is 3.33. The molecule has 1 aliphatic carbocycles. The van der Waals surface area contributed by atoms with E-state index in [0.29, 0.717) is 11.8 Å². The highest BCUT2D eigenvalue weighted by atomic mass is 16.5. The number of esters is 1. The van der Waals surface area contributed by atoms with E-state index in [1.165, 1.54) is 6.42 Å². The van der Waals surface area contributed by atoms with Crippen molar-refractivity contribution in [1.29, 1.82) is 0 Å². The number of hydrogen-bond donors (Lipinski definition) is 1. The van der Waals surface area contributed by atoms with E-state index < -0.39 is 5.97 Å². The topological polar surface area (TPSA) is 92.8 Å². The van der Waals surface area contributed by atoms with Crippen molar-refractivity contribution in [3.8, 4) is 0 Å². The van der Waals surface area contributed by atoms with E-state index in [-0.39, 0.29) is 56.2 Å². The molecule has 2 rings (SSSR count). The van der Waals surface area contributed by atoms with E-state index >= 15 is 0 Å². The highest BCUT2D eigenvalue weighted by molar-refractivity contribution is 6.02. The molecule has 0 aromatic carbocycles. The van der Waals surface area contributed by atoms with Crippen LogP contribution in [0.3, 0.4) is 0 Å². The molecule has 1 aliphatic heterocycles. The Labute approximate surface area is 142 Å². The van der Waals surface area contributed by atoms with Gasteiger partial charge in [0.1, 0.15) is 0 Å². The second-order valence-electron chi connectivity index (χ2n) is 6.79. The van der Waals surface area contributed by atoms with Crippen LogP contribution in [-0.2, 0) is 23.9 Å². The van der Waals surface area contributed by atoms with Gasteiger partial charge in [-0.3, -0.25) is 24.1 Å². The summed E-state index contributed by atoms with van der Waals surface area (Å²) in [6.07, 6.45) is 3.54. The third-order valence-corrected chi connectivity index (χ3v) is 5.11. The van der Waals surface area contributed by atoms with Crippen LogP contribution in [0.25, 0.3) is 0 Å². The van der Waals surface area contributed by atoms with Crippen LogP contribution in [0.15, 0.2) is 0 Å². The van der Waals surface area contributed by atoms with E-state index in [9.17, 15) is 19.2 Å². The van der Waals surface area contributed by atoms with E-state index in [2.05, 4.69) is 19.2 Å². The van der Waals surface area contributed by atoms with Crippen LogP contribution in [0.2, 0.25) is 0 Å². The molecule has 134 valence electrons. The molecule has 1 saturated carbocycles. The first-order valence-electron chi connectivity index (χ1n) is 8.66. The lowest BCUT2D eigenvalue weighted by molar-refractivity contribution is -0.150. The average molecular weight is 338 g/mol. The van der Waals surface area contributed by atoms with E-state index in [0.717, 1.165) is 17.7 Å². The van der Waals surface area contributed by atoms with Crippen molar-refractivity contribution >= 4 is 23.7 Å². The number of imide groups is 1. The SMILES string of the molecule is C[C@H]1[C@H](C)CCC[C@@H]1NC(=O)COC(=O)CCN1C(=O)CCC1=O. The van der Waals surface area contributed by atoms with Gasteiger partial charge in [-0.15, -0.1) is 0 Å². The maximum atomic E-state index is 11.9. The highest BCUT2D eigenvalue weighted by Crippen LogP contribution is 2.29. The van der Waals surface area contributed by atoms with Gasteiger partial charge in [-0.2, -0.15) is 0 Å². The van der Waals surface area contributed by atoms with Crippen molar-refractivity contribution in [1.82, 2.24) is 10.2 Å². The summed E-state index contributed by atoms with van der Waals surface area (Å²) < 4.78 is 4.94. The fraction of sp³-hybridized carbons (Fsp3) is 0.765. The predicted molar refractivity (Wildman–Crippen MR) is 85.6 cm³/mol. The van der Waals surface area contributed by atoms with Gasteiger partial charge in [-0.1, -0.05) is 26.7 Å². The first-order valence-corrected chi connectivity index (χ1v) is 8.66. The Morgan fingerprint density at radius 2 is 1.83 bits per heavy atom. The smallest absolute Gasteiger partial charge is 0.308 e. The summed E-state index contributed by atoms with van der Waals surface area (Å²) in [7, 11) is 0. The highest BCUT2D eigenvalue weighted by Gasteiger charge is 2.30. The standard InChI is InChI=1S/C17H26N2O5/c1-11-4-3-5-13(12(11)2)18-14(20)10-24-17(23)8-9-19-15(21)6-7-16(19)22/h11-13H,3-10H2,1-2H3,(H,18,20)/t11-,12+,13+/m1/s1. The molecule has 0 spiro atoms. The Hall–Kier alpha value is -1.92. The number of carbonyl (C=O) groups excluding carboxylic acids is 4. The lowest BCUT2D eigenvalue weighted by Gasteiger charge is -2.34. The average Bonchev–Trinajstić information content (AvgIpc) is 2.86. The summed E-state index contributed by atoms with van der Waals surface area (Å²) in [5, 5.41) is 2.93. The Kier molecular flexibility index (Phi) is 6.34. The Balaban J connectivity index is 1.67. The molecule has 0 aromatic heterocycles. The molecule has 0 aromatic rings. The minimum Gasteiger partial charge on any atom is -0.456 e. The van der Waals surface area contributed by atoms with Crippen LogP contribution in [0.1, 0.15) is 52.4 Å². The van der Waals surface area contributed by atoms with Crippen molar-refractivity contribution in [2.75, 3.05) is 13.2 Å². The molecule has 1 saturated heterocycles. The van der Waals surface area contributed by atoms with Gasteiger partial charge < -0.3 is 10.1 Å². The number of hydrogen-bond acceptors (Lipinski definition) is 5. The van der Waals surface area contributed by atoms with Gasteiger partial charge in [-0.25, -0.2) is 0 Å². The third-order valence-electron chi connectivity index (χ3n) is 5.11. The molecule has 7 nitrogen and oxygen atoms in total. The number of rotatable bonds is 6. The van der Waals surface area contributed by atoms with Crippen molar-refractivity contribution in [2.24, 2.45) is 11.8 Å². The van der Waals surface area contributed by atoms with Gasteiger partial charge in [0.05, 0.1) is 6.42 Å². The van der Waals surface area contributed by atoms with Gasteiger partial charge in [0.2, 0.25) is 11.8 Å². The zero-order valence-corrected chi connectivity index (χ0v) is 14.4. The predicted octanol–water partition coefficient (Wildman–Crippen LogP) is 1.01. The first-order chi connectivity index (χ1) is 11.4. The number of ether oxygens (including phenoxy) is 1. The van der Waals surface area contributed by atoms with E-state index in [4.69, 9.17) is 4.74 Å². The maximum absolute atomic E-state index is 11.9. The van der Waals surface area contributed by atoms with Crippen molar-refractivity contribution in [2.45, 2.75) is 58.4 Å². The van der Waals surface area contributed by atoms with Crippen LogP contribution in [-0.4, -0.2) is 47.8 Å². The number of likely N-dealkylation sites (tertiary alicyclic amines) is 1. The Morgan fingerprint density at radius 3 is 2.50 bits per heavy atom. The number of nitrogens with zero attached hydrogens (tertiary/aromatic N) is 1. The summed E-state index contributed by atoms with van der Waals surface area (Å²) in [6.45, 7) is 4.02. The fourth-order valence-corrected chi connectivity index (χ4v) is 3.33. The maximum Gasteiger partial charge on any atom is 0.308 e. The number of carbonyl (C=O) groups is 4. The summed E-state index contributed by atoms with van der Waals surface area (Å²) in [5.41, 5.74) is 0. The molecule has 0 radical (unpaired) electrons. The van der Waals surface area contributed by atoms with Gasteiger partial charge >= 0.3 is 5.97 Å². The molecule has 7 heteroatoms. The lowest BCUT2D eigenvalue weighted by Crippen LogP contribution is -2.45. The van der Waals surface area contributed by atoms with Crippen molar-refractivity contribution in [3.63, 3.8) is 0 Å². The summed E-state index contributed by atoms with van der Waals surface area (Å²) >= 11 is 0. The molecular weight excluding hydrogens is 312 g/mol. The van der Waals surface area contributed by atoms with Gasteiger partial charge in [0.25, 0.3) is 5.91 Å². The second kappa shape index (κ2) is 8.26. The molecule has 3 atom stereocenters. The monoisotopic (exact) mass is 338 g/mol. The zero-order chi connectivity index (χ0) is 17.7. The first kappa shape index (κ1) is 18.4. The second-order valence-corrected chi connectivity index (χ2v) is 6.79. The van der Waals surface area contributed by atoms with Crippen molar-refractivity contribution < 1.29 is 23.9 Å². The lowest BCUT2D eigenvalue weighted by atomic mass is 9.78.